The van der Waals surface area contributed by atoms with Crippen molar-refractivity contribution in [2.45, 2.75) is 45.1 Å². The molecule has 2 rings (SSSR count). The number of likely N-dealkylation sites (N-methyl/N-ethyl adjacent to an activating group) is 1. The fourth-order valence-electron chi connectivity index (χ4n) is 2.15. The van der Waals surface area contributed by atoms with Gasteiger partial charge in [-0.1, -0.05) is 48.8 Å². The number of aromatic nitrogens is 1. The van der Waals surface area contributed by atoms with E-state index in [1.165, 1.54) is 11.3 Å². The molecule has 1 N–H and O–H groups in total. The zero-order valence-corrected chi connectivity index (χ0v) is 15.7. The Hall–Kier alpha value is -0.710. The average Bonchev–Trinajstić information content (AvgIpc) is 2.91. The molecule has 1 heterocycles. The second kappa shape index (κ2) is 6.19. The Balaban J connectivity index is 2.28. The summed E-state index contributed by atoms with van der Waals surface area (Å²) in [6.07, 6.45) is 0.924. The van der Waals surface area contributed by atoms with Gasteiger partial charge in [0, 0.05) is 15.3 Å². The lowest BCUT2D eigenvalue weighted by atomic mass is 9.91. The van der Waals surface area contributed by atoms with Crippen molar-refractivity contribution >= 4 is 27.3 Å². The second-order valence-electron chi connectivity index (χ2n) is 6.67. The molecule has 0 aliphatic rings. The third-order valence-electron chi connectivity index (χ3n) is 3.77. The van der Waals surface area contributed by atoms with Crippen molar-refractivity contribution in [3.05, 3.63) is 50.4 Å². The van der Waals surface area contributed by atoms with E-state index in [0.29, 0.717) is 0 Å². The van der Waals surface area contributed by atoms with Crippen LogP contribution in [0.4, 0.5) is 0 Å². The number of nitrogens with one attached hydrogen (secondary N) is 1. The van der Waals surface area contributed by atoms with E-state index in [4.69, 9.17) is 4.98 Å². The van der Waals surface area contributed by atoms with Crippen LogP contribution in [0, 0.1) is 0 Å². The molecule has 0 saturated carbocycles. The molecule has 4 heteroatoms. The summed E-state index contributed by atoms with van der Waals surface area (Å²) >= 11 is 5.23. The van der Waals surface area contributed by atoms with E-state index < -0.39 is 0 Å². The summed E-state index contributed by atoms with van der Waals surface area (Å²) < 4.78 is 1.11. The summed E-state index contributed by atoms with van der Waals surface area (Å²) in [6.45, 7) is 8.84. The van der Waals surface area contributed by atoms with Crippen molar-refractivity contribution in [1.82, 2.24) is 10.3 Å². The van der Waals surface area contributed by atoms with E-state index in [1.807, 2.05) is 7.05 Å². The Kier molecular flexibility index (Phi) is 4.91. The van der Waals surface area contributed by atoms with Crippen molar-refractivity contribution in [3.8, 4) is 0 Å². The first-order valence-electron chi connectivity index (χ1n) is 7.14. The van der Waals surface area contributed by atoms with Gasteiger partial charge in [0.25, 0.3) is 0 Å². The van der Waals surface area contributed by atoms with Crippen LogP contribution in [0.25, 0.3) is 0 Å². The Bertz CT molecular complexity index is 598. The van der Waals surface area contributed by atoms with Gasteiger partial charge >= 0.3 is 0 Å². The Morgan fingerprint density at radius 2 is 1.76 bits per heavy atom. The van der Waals surface area contributed by atoms with Gasteiger partial charge in [0.2, 0.25) is 0 Å². The number of thiazole rings is 1. The van der Waals surface area contributed by atoms with Crippen LogP contribution in [0.2, 0.25) is 0 Å². The molecular weight excluding hydrogens is 344 g/mol. The normalized spacial score (nSPS) is 15.0. The van der Waals surface area contributed by atoms with Crippen LogP contribution in [0.1, 0.15) is 44.0 Å². The van der Waals surface area contributed by atoms with E-state index >= 15 is 0 Å². The predicted octanol–water partition coefficient (Wildman–Crippen LogP) is 4.88. The van der Waals surface area contributed by atoms with E-state index in [1.54, 1.807) is 11.3 Å². The van der Waals surface area contributed by atoms with Gasteiger partial charge in [0.05, 0.1) is 11.2 Å². The molecule has 1 aromatic carbocycles. The van der Waals surface area contributed by atoms with Crippen molar-refractivity contribution < 1.29 is 0 Å². The number of hydrogen-bond acceptors (Lipinski definition) is 3. The SMILES string of the molecule is CNC(C)(Cc1ccc(Br)cc1)c1nc(C(C)(C)C)cs1. The second-order valence-corrected chi connectivity index (χ2v) is 8.45. The first kappa shape index (κ1) is 16.7. The summed E-state index contributed by atoms with van der Waals surface area (Å²) in [5, 5.41) is 6.80. The molecule has 0 radical (unpaired) electrons. The maximum atomic E-state index is 4.88. The lowest BCUT2D eigenvalue weighted by Crippen LogP contribution is -2.39. The maximum Gasteiger partial charge on any atom is 0.113 e. The number of benzene rings is 1. The van der Waals surface area contributed by atoms with Crippen LogP contribution in [0.5, 0.6) is 0 Å². The minimum Gasteiger partial charge on any atom is -0.308 e. The topological polar surface area (TPSA) is 24.9 Å². The van der Waals surface area contributed by atoms with E-state index in [9.17, 15) is 0 Å². The first-order valence-corrected chi connectivity index (χ1v) is 8.82. The number of nitrogens with zero attached hydrogens (tertiary/aromatic N) is 1. The van der Waals surface area contributed by atoms with Crippen LogP contribution in [-0.2, 0) is 17.4 Å². The lowest BCUT2D eigenvalue weighted by molar-refractivity contribution is 0.392. The monoisotopic (exact) mass is 366 g/mol. The van der Waals surface area contributed by atoms with Gasteiger partial charge < -0.3 is 5.32 Å². The van der Waals surface area contributed by atoms with E-state index in [2.05, 4.69) is 78.6 Å². The highest BCUT2D eigenvalue weighted by atomic mass is 79.9. The molecule has 0 aliphatic carbocycles. The molecule has 0 fully saturated rings. The van der Waals surface area contributed by atoms with Gasteiger partial charge in [-0.3, -0.25) is 0 Å². The summed E-state index contributed by atoms with van der Waals surface area (Å²) in [7, 11) is 2.01. The Morgan fingerprint density at radius 3 is 2.24 bits per heavy atom. The van der Waals surface area contributed by atoms with Gasteiger partial charge in [-0.15, -0.1) is 11.3 Å². The predicted molar refractivity (Wildman–Crippen MR) is 95.1 cm³/mol. The molecule has 1 atom stereocenters. The van der Waals surface area contributed by atoms with Crippen LogP contribution in [0.3, 0.4) is 0 Å². The summed E-state index contributed by atoms with van der Waals surface area (Å²) in [5.41, 5.74) is 2.44. The summed E-state index contributed by atoms with van der Waals surface area (Å²) in [5.74, 6) is 0. The van der Waals surface area contributed by atoms with Crippen molar-refractivity contribution in [1.29, 1.82) is 0 Å². The Labute approximate surface area is 140 Å². The van der Waals surface area contributed by atoms with Crippen molar-refractivity contribution in [3.63, 3.8) is 0 Å². The highest BCUT2D eigenvalue weighted by Crippen LogP contribution is 2.32. The molecular formula is C17H23BrN2S. The minimum absolute atomic E-state index is 0.0982. The zero-order valence-electron chi connectivity index (χ0n) is 13.3. The van der Waals surface area contributed by atoms with E-state index in [-0.39, 0.29) is 11.0 Å². The van der Waals surface area contributed by atoms with Crippen LogP contribution in [0.15, 0.2) is 34.1 Å². The first-order chi connectivity index (χ1) is 9.74. The minimum atomic E-state index is -0.137. The van der Waals surface area contributed by atoms with Gasteiger partial charge in [0.1, 0.15) is 5.01 Å². The highest BCUT2D eigenvalue weighted by molar-refractivity contribution is 9.10. The molecule has 0 spiro atoms. The van der Waals surface area contributed by atoms with Crippen LogP contribution < -0.4 is 5.32 Å². The number of hydrogen-bond donors (Lipinski definition) is 1. The van der Waals surface area contributed by atoms with Gasteiger partial charge in [0.15, 0.2) is 0 Å². The molecule has 114 valence electrons. The van der Waals surface area contributed by atoms with Crippen molar-refractivity contribution in [2.75, 3.05) is 7.05 Å². The van der Waals surface area contributed by atoms with Gasteiger partial charge in [-0.2, -0.15) is 0 Å². The van der Waals surface area contributed by atoms with Gasteiger partial charge in [-0.25, -0.2) is 4.98 Å². The lowest BCUT2D eigenvalue weighted by Gasteiger charge is -2.27. The maximum absolute atomic E-state index is 4.88. The fraction of sp³-hybridized carbons (Fsp3) is 0.471. The van der Waals surface area contributed by atoms with E-state index in [0.717, 1.165) is 15.9 Å². The zero-order chi connectivity index (χ0) is 15.7. The largest absolute Gasteiger partial charge is 0.308 e. The molecule has 2 aromatic rings. The smallest absolute Gasteiger partial charge is 0.113 e. The van der Waals surface area contributed by atoms with Gasteiger partial charge in [-0.05, 0) is 38.1 Å². The number of halogens is 1. The fourth-order valence-corrected chi connectivity index (χ4v) is 3.63. The third kappa shape index (κ3) is 3.93. The third-order valence-corrected chi connectivity index (χ3v) is 5.40. The molecule has 1 unspecified atom stereocenters. The molecule has 0 aliphatic heterocycles. The molecule has 1 aromatic heterocycles. The molecule has 2 nitrogen and oxygen atoms in total. The number of rotatable bonds is 4. The molecule has 21 heavy (non-hydrogen) atoms. The van der Waals surface area contributed by atoms with Crippen LogP contribution >= 0.6 is 27.3 Å². The van der Waals surface area contributed by atoms with Crippen LogP contribution in [-0.4, -0.2) is 12.0 Å². The Morgan fingerprint density at radius 1 is 1.14 bits per heavy atom. The van der Waals surface area contributed by atoms with Crippen molar-refractivity contribution in [2.24, 2.45) is 0 Å². The summed E-state index contributed by atoms with van der Waals surface area (Å²) in [6, 6.07) is 8.51. The molecule has 0 amide bonds. The average molecular weight is 367 g/mol. The standard InChI is InChI=1S/C17H23BrN2S/c1-16(2,3)14-11-21-15(20-14)17(4,19-5)10-12-6-8-13(18)9-7-12/h6-9,11,19H,10H2,1-5H3. The quantitative estimate of drug-likeness (QED) is 0.833. The summed E-state index contributed by atoms with van der Waals surface area (Å²) in [4.78, 5) is 4.88. The highest BCUT2D eigenvalue weighted by Gasteiger charge is 2.30. The molecule has 0 saturated heterocycles. The molecule has 0 bridgehead atoms.